The maximum absolute atomic E-state index is 13.2. The van der Waals surface area contributed by atoms with Crippen molar-refractivity contribution in [2.75, 3.05) is 6.61 Å². The lowest BCUT2D eigenvalue weighted by molar-refractivity contribution is -0.0337. The highest BCUT2D eigenvalue weighted by molar-refractivity contribution is 5.93. The van der Waals surface area contributed by atoms with Crippen molar-refractivity contribution in [1.82, 2.24) is 4.57 Å². The van der Waals surface area contributed by atoms with E-state index in [1.807, 2.05) is 13.0 Å². The van der Waals surface area contributed by atoms with E-state index in [2.05, 4.69) is 81.7 Å². The molecule has 4 heteroatoms. The van der Waals surface area contributed by atoms with Gasteiger partial charge in [0.15, 0.2) is 0 Å². The molecule has 1 heterocycles. The molecule has 3 aromatic rings. The van der Waals surface area contributed by atoms with Crippen LogP contribution in [0.5, 0.6) is 0 Å². The van der Waals surface area contributed by atoms with Crippen LogP contribution in [0.25, 0.3) is 5.69 Å². The zero-order chi connectivity index (χ0) is 28.5. The molecule has 0 saturated heterocycles. The van der Waals surface area contributed by atoms with Gasteiger partial charge >= 0.3 is 5.97 Å². The molecule has 2 aromatic carbocycles. The second kappa shape index (κ2) is 11.6. The first-order valence-electron chi connectivity index (χ1n) is 15.3. The molecular weight excluding hydrogens is 494 g/mol. The molecule has 2 fully saturated rings. The van der Waals surface area contributed by atoms with Gasteiger partial charge in [-0.05, 0) is 99.6 Å². The van der Waals surface area contributed by atoms with Gasteiger partial charge < -0.3 is 14.0 Å². The summed E-state index contributed by atoms with van der Waals surface area (Å²) >= 11 is 0. The maximum Gasteiger partial charge on any atom is 0.340 e. The minimum Gasteiger partial charge on any atom is -0.462 e. The van der Waals surface area contributed by atoms with E-state index >= 15 is 0 Å². The lowest BCUT2D eigenvalue weighted by atomic mass is 9.85. The molecule has 40 heavy (non-hydrogen) atoms. The summed E-state index contributed by atoms with van der Waals surface area (Å²) < 4.78 is 14.5. The highest BCUT2D eigenvalue weighted by Gasteiger charge is 2.40. The Labute approximate surface area is 241 Å². The molecule has 0 amide bonds. The topological polar surface area (TPSA) is 40.5 Å². The van der Waals surface area contributed by atoms with Crippen LogP contribution in [0.2, 0.25) is 0 Å². The normalized spacial score (nSPS) is 17.1. The lowest BCUT2D eigenvalue weighted by Crippen LogP contribution is -2.23. The van der Waals surface area contributed by atoms with Gasteiger partial charge in [0, 0.05) is 17.1 Å². The van der Waals surface area contributed by atoms with Gasteiger partial charge in [0.2, 0.25) is 0 Å². The predicted molar refractivity (Wildman–Crippen MR) is 162 cm³/mol. The second-order valence-corrected chi connectivity index (χ2v) is 12.9. The van der Waals surface area contributed by atoms with Gasteiger partial charge in [-0.25, -0.2) is 4.79 Å². The number of aromatic nitrogens is 1. The average molecular weight is 542 g/mol. The maximum atomic E-state index is 13.2. The number of hydrogen-bond donors (Lipinski definition) is 0. The molecule has 2 aliphatic rings. The minimum absolute atomic E-state index is 0.198. The fourth-order valence-corrected chi connectivity index (χ4v) is 6.49. The number of rotatable bonds is 10. The van der Waals surface area contributed by atoms with Crippen LogP contribution < -0.4 is 0 Å². The third kappa shape index (κ3) is 5.93. The third-order valence-electron chi connectivity index (χ3n) is 9.47. The Bertz CT molecular complexity index is 1340. The van der Waals surface area contributed by atoms with Crippen LogP contribution in [-0.4, -0.2) is 17.1 Å². The van der Waals surface area contributed by atoms with Gasteiger partial charge in [0.05, 0.1) is 24.4 Å². The number of ether oxygens (including phenoxy) is 2. The van der Waals surface area contributed by atoms with Gasteiger partial charge in [-0.15, -0.1) is 0 Å². The Kier molecular flexibility index (Phi) is 8.29. The van der Waals surface area contributed by atoms with Crippen LogP contribution in [0.4, 0.5) is 0 Å². The molecule has 0 spiro atoms. The summed E-state index contributed by atoms with van der Waals surface area (Å²) in [4.78, 5) is 13.2. The van der Waals surface area contributed by atoms with E-state index in [4.69, 9.17) is 9.47 Å². The first kappa shape index (κ1) is 28.7. The molecule has 4 nitrogen and oxygen atoms in total. The van der Waals surface area contributed by atoms with Crippen LogP contribution in [0, 0.1) is 19.8 Å². The van der Waals surface area contributed by atoms with Crippen LogP contribution in [0.3, 0.4) is 0 Å². The van der Waals surface area contributed by atoms with Crippen molar-refractivity contribution in [2.45, 2.75) is 111 Å². The monoisotopic (exact) mass is 541 g/mol. The number of carbonyl (C=O) groups excluding carboxylic acids is 1. The SMILES string of the molecule is CCOC(=O)c1c(C)c(CC2CCCCC2)n(-c2cc(C3(C)CC3)cc(C(C)(C)OCc3ccccc3)c2)c1C. The van der Waals surface area contributed by atoms with Crippen molar-refractivity contribution < 1.29 is 14.3 Å². The van der Waals surface area contributed by atoms with Crippen LogP contribution in [0.1, 0.15) is 117 Å². The fourth-order valence-electron chi connectivity index (χ4n) is 6.49. The molecule has 2 saturated carbocycles. The first-order valence-corrected chi connectivity index (χ1v) is 15.3. The summed E-state index contributed by atoms with van der Waals surface area (Å²) in [5.41, 5.74) is 8.63. The van der Waals surface area contributed by atoms with E-state index < -0.39 is 5.60 Å². The van der Waals surface area contributed by atoms with E-state index in [1.165, 1.54) is 67.3 Å². The first-order chi connectivity index (χ1) is 19.1. The van der Waals surface area contributed by atoms with E-state index in [9.17, 15) is 4.79 Å². The van der Waals surface area contributed by atoms with Gasteiger partial charge in [-0.3, -0.25) is 0 Å². The molecular formula is C36H47NO3. The fraction of sp³-hybridized carbons (Fsp3) is 0.528. The van der Waals surface area contributed by atoms with Crippen LogP contribution in [0.15, 0.2) is 48.5 Å². The van der Waals surface area contributed by atoms with E-state index in [0.29, 0.717) is 19.1 Å². The summed E-state index contributed by atoms with van der Waals surface area (Å²) in [7, 11) is 0. The minimum atomic E-state index is -0.477. The summed E-state index contributed by atoms with van der Waals surface area (Å²) in [5.74, 6) is 0.447. The summed E-state index contributed by atoms with van der Waals surface area (Å²) in [6.45, 7) is 13.8. The van der Waals surface area contributed by atoms with E-state index in [-0.39, 0.29) is 11.4 Å². The highest BCUT2D eigenvalue weighted by atomic mass is 16.5. The smallest absolute Gasteiger partial charge is 0.340 e. The Morgan fingerprint density at radius 1 is 1.02 bits per heavy atom. The van der Waals surface area contributed by atoms with Crippen molar-refractivity contribution in [1.29, 1.82) is 0 Å². The van der Waals surface area contributed by atoms with Gasteiger partial charge in [0.1, 0.15) is 0 Å². The third-order valence-corrected chi connectivity index (χ3v) is 9.47. The molecule has 0 aliphatic heterocycles. The van der Waals surface area contributed by atoms with Crippen LogP contribution >= 0.6 is 0 Å². The molecule has 0 unspecified atom stereocenters. The molecule has 0 N–H and O–H groups in total. The number of esters is 1. The molecule has 0 bridgehead atoms. The number of carbonyl (C=O) groups is 1. The zero-order valence-electron chi connectivity index (χ0n) is 25.4. The Morgan fingerprint density at radius 3 is 2.38 bits per heavy atom. The van der Waals surface area contributed by atoms with Crippen molar-refractivity contribution in [3.05, 3.63) is 87.7 Å². The largest absolute Gasteiger partial charge is 0.462 e. The average Bonchev–Trinajstić information content (AvgIpc) is 3.65. The van der Waals surface area contributed by atoms with Crippen molar-refractivity contribution in [3.63, 3.8) is 0 Å². The summed E-state index contributed by atoms with van der Waals surface area (Å²) in [6.07, 6.45) is 9.88. The Morgan fingerprint density at radius 2 is 1.73 bits per heavy atom. The molecule has 5 rings (SSSR count). The van der Waals surface area contributed by atoms with Crippen LogP contribution in [-0.2, 0) is 33.5 Å². The zero-order valence-corrected chi connectivity index (χ0v) is 25.4. The standard InChI is InChI=1S/C36H47NO3/c1-7-39-34(38)33-25(2)32(20-27-14-10-8-11-15-27)37(26(33)3)31-22-29(21-30(23-31)36(6)18-19-36)35(4,5)40-24-28-16-12-9-13-17-28/h9,12-13,16-17,21-23,27H,7-8,10-11,14-15,18-20,24H2,1-6H3. The number of hydrogen-bond acceptors (Lipinski definition) is 3. The van der Waals surface area contributed by atoms with E-state index in [0.717, 1.165) is 28.9 Å². The van der Waals surface area contributed by atoms with Crippen molar-refractivity contribution >= 4 is 5.97 Å². The lowest BCUT2D eigenvalue weighted by Gasteiger charge is -2.29. The quantitative estimate of drug-likeness (QED) is 0.241. The van der Waals surface area contributed by atoms with Crippen molar-refractivity contribution in [2.24, 2.45) is 5.92 Å². The van der Waals surface area contributed by atoms with Gasteiger partial charge in [-0.2, -0.15) is 0 Å². The summed E-state index contributed by atoms with van der Waals surface area (Å²) in [6, 6.07) is 17.4. The Hall–Kier alpha value is -2.85. The van der Waals surface area contributed by atoms with Crippen molar-refractivity contribution in [3.8, 4) is 5.69 Å². The van der Waals surface area contributed by atoms with Gasteiger partial charge in [0.25, 0.3) is 0 Å². The summed E-state index contributed by atoms with van der Waals surface area (Å²) in [5, 5.41) is 0. The number of nitrogens with zero attached hydrogens (tertiary/aromatic N) is 1. The van der Waals surface area contributed by atoms with E-state index in [1.54, 1.807) is 0 Å². The van der Waals surface area contributed by atoms with Gasteiger partial charge in [-0.1, -0.05) is 75.4 Å². The molecule has 1 aromatic heterocycles. The predicted octanol–water partition coefficient (Wildman–Crippen LogP) is 8.90. The Balaban J connectivity index is 1.60. The number of benzene rings is 2. The second-order valence-electron chi connectivity index (χ2n) is 12.9. The highest BCUT2D eigenvalue weighted by Crippen LogP contribution is 2.49. The molecule has 214 valence electrons. The molecule has 0 atom stereocenters. The molecule has 0 radical (unpaired) electrons. The molecule has 2 aliphatic carbocycles.